The van der Waals surface area contributed by atoms with Gasteiger partial charge in [-0.25, -0.2) is 9.97 Å². The van der Waals surface area contributed by atoms with Gasteiger partial charge in [0.25, 0.3) is 0 Å². The number of anilines is 2. The molecule has 1 aliphatic rings. The van der Waals surface area contributed by atoms with E-state index in [1.165, 1.54) is 0 Å². The smallest absolute Gasteiger partial charge is 0.228 e. The van der Waals surface area contributed by atoms with Crippen molar-refractivity contribution in [1.82, 2.24) is 9.97 Å². The van der Waals surface area contributed by atoms with E-state index in [0.717, 1.165) is 23.8 Å². The summed E-state index contributed by atoms with van der Waals surface area (Å²) in [5.74, 6) is 1.65. The van der Waals surface area contributed by atoms with Gasteiger partial charge in [0, 0.05) is 26.4 Å². The fourth-order valence-corrected chi connectivity index (χ4v) is 1.55. The molecular weight excluding hydrogens is 192 g/mol. The maximum Gasteiger partial charge on any atom is 0.228 e. The van der Waals surface area contributed by atoms with Crippen LogP contribution in [0.1, 0.15) is 19.2 Å². The molecule has 0 atom stereocenters. The molecule has 1 aromatic heterocycles. The zero-order valence-electron chi connectivity index (χ0n) is 8.95. The number of carbonyl (C=O) groups excluding carboxylic acids is 1. The van der Waals surface area contributed by atoms with Crippen LogP contribution in [0.4, 0.5) is 11.5 Å². The van der Waals surface area contributed by atoms with Crippen LogP contribution in [0.3, 0.4) is 0 Å². The Bertz CT molecular complexity index is 391. The van der Waals surface area contributed by atoms with Gasteiger partial charge in [-0.3, -0.25) is 4.79 Å². The molecule has 1 aromatic rings. The van der Waals surface area contributed by atoms with Crippen LogP contribution in [-0.4, -0.2) is 29.5 Å². The zero-order chi connectivity index (χ0) is 10.8. The lowest BCUT2D eigenvalue weighted by atomic mass is 10.3. The molecule has 0 unspecified atom stereocenters. The van der Waals surface area contributed by atoms with E-state index in [1.807, 2.05) is 6.92 Å². The van der Waals surface area contributed by atoms with E-state index in [2.05, 4.69) is 15.3 Å². The van der Waals surface area contributed by atoms with E-state index in [-0.39, 0.29) is 5.91 Å². The molecule has 1 N–H and O–H groups in total. The Morgan fingerprint density at radius 2 is 2.40 bits per heavy atom. The van der Waals surface area contributed by atoms with Crippen LogP contribution in [0.15, 0.2) is 6.20 Å². The SMILES string of the molecule is CCc1ncc2c(n1)NCCC(=O)N2C. The van der Waals surface area contributed by atoms with Crippen molar-refractivity contribution >= 4 is 17.4 Å². The minimum Gasteiger partial charge on any atom is -0.368 e. The third-order valence-corrected chi connectivity index (χ3v) is 2.50. The summed E-state index contributed by atoms with van der Waals surface area (Å²) >= 11 is 0. The first kappa shape index (κ1) is 9.89. The number of hydrogen-bond acceptors (Lipinski definition) is 4. The van der Waals surface area contributed by atoms with Crippen LogP contribution in [0.5, 0.6) is 0 Å². The molecule has 2 heterocycles. The summed E-state index contributed by atoms with van der Waals surface area (Å²) in [6, 6.07) is 0. The minimum atomic E-state index is 0.0918. The van der Waals surface area contributed by atoms with E-state index in [0.29, 0.717) is 13.0 Å². The van der Waals surface area contributed by atoms with E-state index in [1.54, 1.807) is 18.1 Å². The van der Waals surface area contributed by atoms with Gasteiger partial charge in [0.2, 0.25) is 5.91 Å². The van der Waals surface area contributed by atoms with Crippen LogP contribution in [-0.2, 0) is 11.2 Å². The quantitative estimate of drug-likeness (QED) is 0.739. The maximum atomic E-state index is 11.6. The summed E-state index contributed by atoms with van der Waals surface area (Å²) in [7, 11) is 1.75. The molecule has 0 spiro atoms. The van der Waals surface area contributed by atoms with Crippen molar-refractivity contribution in [2.45, 2.75) is 19.8 Å². The number of aryl methyl sites for hydroxylation is 1. The van der Waals surface area contributed by atoms with Crippen LogP contribution in [0.25, 0.3) is 0 Å². The Hall–Kier alpha value is -1.65. The molecule has 80 valence electrons. The summed E-state index contributed by atoms with van der Waals surface area (Å²) in [6.07, 6.45) is 3.00. The number of amides is 1. The summed E-state index contributed by atoms with van der Waals surface area (Å²) < 4.78 is 0. The molecule has 0 bridgehead atoms. The molecular formula is C10H14N4O. The Morgan fingerprint density at radius 1 is 1.60 bits per heavy atom. The fourth-order valence-electron chi connectivity index (χ4n) is 1.55. The predicted molar refractivity (Wildman–Crippen MR) is 57.9 cm³/mol. The Kier molecular flexibility index (Phi) is 2.53. The summed E-state index contributed by atoms with van der Waals surface area (Å²) in [4.78, 5) is 21.7. The van der Waals surface area contributed by atoms with Crippen molar-refractivity contribution in [3.05, 3.63) is 12.0 Å². The van der Waals surface area contributed by atoms with Crippen molar-refractivity contribution in [2.75, 3.05) is 23.8 Å². The molecule has 0 radical (unpaired) electrons. The standard InChI is InChI=1S/C10H14N4O/c1-3-8-12-6-7-10(13-8)11-5-4-9(15)14(7)2/h6H,3-5H2,1-2H3,(H,11,12,13). The van der Waals surface area contributed by atoms with Crippen molar-refractivity contribution in [3.63, 3.8) is 0 Å². The molecule has 5 heteroatoms. The van der Waals surface area contributed by atoms with Crippen LogP contribution in [0, 0.1) is 0 Å². The molecule has 2 rings (SSSR count). The number of rotatable bonds is 1. The third-order valence-electron chi connectivity index (χ3n) is 2.50. The first-order valence-corrected chi connectivity index (χ1v) is 5.08. The topological polar surface area (TPSA) is 58.1 Å². The highest BCUT2D eigenvalue weighted by Crippen LogP contribution is 2.24. The molecule has 0 fully saturated rings. The highest BCUT2D eigenvalue weighted by atomic mass is 16.2. The average Bonchev–Trinajstić information content (AvgIpc) is 2.40. The van der Waals surface area contributed by atoms with E-state index in [4.69, 9.17) is 0 Å². The number of hydrogen-bond donors (Lipinski definition) is 1. The van der Waals surface area contributed by atoms with Gasteiger partial charge in [-0.1, -0.05) is 6.92 Å². The number of nitrogens with zero attached hydrogens (tertiary/aromatic N) is 3. The second-order valence-corrected chi connectivity index (χ2v) is 3.50. The van der Waals surface area contributed by atoms with Crippen molar-refractivity contribution in [3.8, 4) is 0 Å². The van der Waals surface area contributed by atoms with Gasteiger partial charge in [-0.2, -0.15) is 0 Å². The van der Waals surface area contributed by atoms with Crippen LogP contribution >= 0.6 is 0 Å². The lowest BCUT2D eigenvalue weighted by Crippen LogP contribution is -2.25. The largest absolute Gasteiger partial charge is 0.368 e. The van der Waals surface area contributed by atoms with E-state index >= 15 is 0 Å². The minimum absolute atomic E-state index is 0.0918. The van der Waals surface area contributed by atoms with Gasteiger partial charge < -0.3 is 10.2 Å². The van der Waals surface area contributed by atoms with Gasteiger partial charge in [-0.05, 0) is 0 Å². The second-order valence-electron chi connectivity index (χ2n) is 3.50. The van der Waals surface area contributed by atoms with Gasteiger partial charge in [0.15, 0.2) is 5.82 Å². The lowest BCUT2D eigenvalue weighted by Gasteiger charge is -2.15. The Labute approximate surface area is 88.5 Å². The molecule has 5 nitrogen and oxygen atoms in total. The van der Waals surface area contributed by atoms with Gasteiger partial charge in [0.05, 0.1) is 6.20 Å². The van der Waals surface area contributed by atoms with E-state index < -0.39 is 0 Å². The second kappa shape index (κ2) is 3.84. The van der Waals surface area contributed by atoms with E-state index in [9.17, 15) is 4.79 Å². The summed E-state index contributed by atoms with van der Waals surface area (Å²) in [6.45, 7) is 2.64. The predicted octanol–water partition coefficient (Wildman–Crippen LogP) is 0.817. The molecule has 0 aliphatic carbocycles. The Morgan fingerprint density at radius 3 is 3.13 bits per heavy atom. The average molecular weight is 206 g/mol. The maximum absolute atomic E-state index is 11.6. The Balaban J connectivity index is 2.43. The normalized spacial score (nSPS) is 15.6. The molecule has 1 aliphatic heterocycles. The highest BCUT2D eigenvalue weighted by molar-refractivity contribution is 5.96. The molecule has 15 heavy (non-hydrogen) atoms. The number of fused-ring (bicyclic) bond motifs is 1. The molecule has 0 aromatic carbocycles. The first-order chi connectivity index (χ1) is 7.22. The number of carbonyl (C=O) groups is 1. The molecule has 1 amide bonds. The lowest BCUT2D eigenvalue weighted by molar-refractivity contribution is -0.118. The van der Waals surface area contributed by atoms with Crippen molar-refractivity contribution < 1.29 is 4.79 Å². The van der Waals surface area contributed by atoms with Gasteiger partial charge in [0.1, 0.15) is 11.5 Å². The van der Waals surface area contributed by atoms with Gasteiger partial charge >= 0.3 is 0 Å². The summed E-state index contributed by atoms with van der Waals surface area (Å²) in [5, 5.41) is 3.15. The highest BCUT2D eigenvalue weighted by Gasteiger charge is 2.19. The fraction of sp³-hybridized carbons (Fsp3) is 0.500. The summed E-state index contributed by atoms with van der Waals surface area (Å²) in [5.41, 5.74) is 0.759. The van der Waals surface area contributed by atoms with Crippen molar-refractivity contribution in [2.24, 2.45) is 0 Å². The number of nitrogens with one attached hydrogen (secondary N) is 1. The zero-order valence-corrected chi connectivity index (χ0v) is 8.95. The first-order valence-electron chi connectivity index (χ1n) is 5.08. The van der Waals surface area contributed by atoms with Crippen LogP contribution in [0.2, 0.25) is 0 Å². The monoisotopic (exact) mass is 206 g/mol. The van der Waals surface area contributed by atoms with Crippen molar-refractivity contribution in [1.29, 1.82) is 0 Å². The van der Waals surface area contributed by atoms with Gasteiger partial charge in [-0.15, -0.1) is 0 Å². The molecule has 0 saturated heterocycles. The number of aromatic nitrogens is 2. The molecule has 0 saturated carbocycles. The third kappa shape index (κ3) is 1.77. The van der Waals surface area contributed by atoms with Crippen LogP contribution < -0.4 is 10.2 Å².